The average Bonchev–Trinajstić information content (AvgIpc) is 2.62. The molecule has 6 heteroatoms. The summed E-state index contributed by atoms with van der Waals surface area (Å²) in [7, 11) is 1.90. The summed E-state index contributed by atoms with van der Waals surface area (Å²) in [6.07, 6.45) is 1.79. The van der Waals surface area contributed by atoms with E-state index in [1.54, 1.807) is 6.33 Å². The summed E-state index contributed by atoms with van der Waals surface area (Å²) in [4.78, 5) is 0.988. The molecule has 0 saturated carbocycles. The molecule has 0 atom stereocenters. The first-order valence-electron chi connectivity index (χ1n) is 5.63. The number of aryl methyl sites for hydroxylation is 1. The zero-order valence-corrected chi connectivity index (χ0v) is 11.4. The average molecular weight is 264 g/mol. The minimum absolute atomic E-state index is 0.125. The summed E-state index contributed by atoms with van der Waals surface area (Å²) < 4.78 is 7.51. The first-order valence-corrected chi connectivity index (χ1v) is 6.45. The van der Waals surface area contributed by atoms with E-state index in [1.807, 2.05) is 43.7 Å². The van der Waals surface area contributed by atoms with E-state index in [-0.39, 0.29) is 6.10 Å². The zero-order chi connectivity index (χ0) is 13.1. The Labute approximate surface area is 110 Å². The molecule has 0 fully saturated rings. The van der Waals surface area contributed by atoms with Crippen molar-refractivity contribution < 1.29 is 4.74 Å². The first-order chi connectivity index (χ1) is 8.54. The van der Waals surface area contributed by atoms with Gasteiger partial charge in [-0.25, -0.2) is 0 Å². The number of benzene rings is 1. The highest BCUT2D eigenvalue weighted by Gasteiger charge is 2.07. The third-order valence-electron chi connectivity index (χ3n) is 2.15. The Morgan fingerprint density at radius 2 is 2.11 bits per heavy atom. The molecule has 2 N–H and O–H groups in total. The van der Waals surface area contributed by atoms with Crippen LogP contribution in [0.5, 0.6) is 5.75 Å². The minimum atomic E-state index is 0.125. The fraction of sp³-hybridized carbons (Fsp3) is 0.333. The maximum absolute atomic E-state index is 5.87. The highest BCUT2D eigenvalue weighted by molar-refractivity contribution is 7.99. The molecule has 2 rings (SSSR count). The van der Waals surface area contributed by atoms with Gasteiger partial charge in [0.1, 0.15) is 12.1 Å². The van der Waals surface area contributed by atoms with E-state index in [2.05, 4.69) is 10.2 Å². The van der Waals surface area contributed by atoms with Crippen molar-refractivity contribution in [1.29, 1.82) is 0 Å². The fourth-order valence-electron chi connectivity index (χ4n) is 1.46. The maximum atomic E-state index is 5.87. The van der Waals surface area contributed by atoms with Crippen LogP contribution in [0.3, 0.4) is 0 Å². The van der Waals surface area contributed by atoms with Crippen molar-refractivity contribution >= 4 is 17.4 Å². The van der Waals surface area contributed by atoms with Crippen LogP contribution < -0.4 is 10.5 Å². The van der Waals surface area contributed by atoms with Gasteiger partial charge in [-0.15, -0.1) is 10.2 Å². The second-order valence-corrected chi connectivity index (χ2v) is 5.27. The van der Waals surface area contributed by atoms with Gasteiger partial charge in [0.15, 0.2) is 5.16 Å². The molecule has 0 bridgehead atoms. The van der Waals surface area contributed by atoms with Crippen LogP contribution in [0.2, 0.25) is 0 Å². The lowest BCUT2D eigenvalue weighted by Crippen LogP contribution is -2.05. The zero-order valence-electron chi connectivity index (χ0n) is 10.6. The number of rotatable bonds is 4. The number of hydrogen-bond acceptors (Lipinski definition) is 5. The van der Waals surface area contributed by atoms with Crippen molar-refractivity contribution in [3.05, 3.63) is 24.5 Å². The lowest BCUT2D eigenvalue weighted by Gasteiger charge is -2.11. The van der Waals surface area contributed by atoms with Crippen molar-refractivity contribution in [2.45, 2.75) is 30.0 Å². The molecular formula is C12H16N4OS. The molecule has 5 nitrogen and oxygen atoms in total. The SMILES string of the molecule is CC(C)Oc1cc(N)cc(Sc2nncn2C)c1. The van der Waals surface area contributed by atoms with Gasteiger partial charge in [-0.2, -0.15) is 0 Å². The summed E-state index contributed by atoms with van der Waals surface area (Å²) in [5.41, 5.74) is 6.54. The van der Waals surface area contributed by atoms with E-state index in [4.69, 9.17) is 10.5 Å². The van der Waals surface area contributed by atoms with Crippen LogP contribution in [-0.4, -0.2) is 20.9 Å². The standard InChI is InChI=1S/C12H16N4OS/c1-8(2)17-10-4-9(13)5-11(6-10)18-12-15-14-7-16(12)3/h4-8H,13H2,1-3H3. The molecule has 1 aromatic heterocycles. The number of nitrogens with zero attached hydrogens (tertiary/aromatic N) is 3. The van der Waals surface area contributed by atoms with Crippen molar-refractivity contribution in [2.24, 2.45) is 7.05 Å². The van der Waals surface area contributed by atoms with Crippen molar-refractivity contribution in [2.75, 3.05) is 5.73 Å². The lowest BCUT2D eigenvalue weighted by molar-refractivity contribution is 0.242. The Morgan fingerprint density at radius 3 is 2.72 bits per heavy atom. The maximum Gasteiger partial charge on any atom is 0.195 e. The summed E-state index contributed by atoms with van der Waals surface area (Å²) in [5, 5.41) is 8.68. The van der Waals surface area contributed by atoms with E-state index in [1.165, 1.54) is 11.8 Å². The van der Waals surface area contributed by atoms with E-state index in [0.717, 1.165) is 15.8 Å². The molecular weight excluding hydrogens is 248 g/mol. The van der Waals surface area contributed by atoms with Crippen LogP contribution in [-0.2, 0) is 7.05 Å². The molecule has 0 saturated heterocycles. The number of ether oxygens (including phenoxy) is 1. The molecule has 96 valence electrons. The topological polar surface area (TPSA) is 66.0 Å². The molecule has 2 aromatic rings. The van der Waals surface area contributed by atoms with Crippen LogP contribution in [0.15, 0.2) is 34.6 Å². The van der Waals surface area contributed by atoms with Gasteiger partial charge < -0.3 is 15.0 Å². The molecule has 0 amide bonds. The van der Waals surface area contributed by atoms with E-state index in [0.29, 0.717) is 5.69 Å². The van der Waals surface area contributed by atoms with Gasteiger partial charge in [-0.1, -0.05) is 0 Å². The highest BCUT2D eigenvalue weighted by Crippen LogP contribution is 2.31. The summed E-state index contributed by atoms with van der Waals surface area (Å²) in [6.45, 7) is 3.97. The predicted octanol–water partition coefficient (Wildman–Crippen LogP) is 2.34. The third-order valence-corrected chi connectivity index (χ3v) is 3.18. The Morgan fingerprint density at radius 1 is 1.33 bits per heavy atom. The van der Waals surface area contributed by atoms with Crippen LogP contribution in [0, 0.1) is 0 Å². The summed E-state index contributed by atoms with van der Waals surface area (Å²) in [6, 6.07) is 5.67. The number of aromatic nitrogens is 3. The van der Waals surface area contributed by atoms with Gasteiger partial charge >= 0.3 is 0 Å². The van der Waals surface area contributed by atoms with Crippen LogP contribution >= 0.6 is 11.8 Å². The largest absolute Gasteiger partial charge is 0.491 e. The van der Waals surface area contributed by atoms with Gasteiger partial charge in [-0.3, -0.25) is 0 Å². The lowest BCUT2D eigenvalue weighted by atomic mass is 10.3. The van der Waals surface area contributed by atoms with Crippen LogP contribution in [0.1, 0.15) is 13.8 Å². The molecule has 1 heterocycles. The smallest absolute Gasteiger partial charge is 0.195 e. The third kappa shape index (κ3) is 3.16. The van der Waals surface area contributed by atoms with Gasteiger partial charge in [0.25, 0.3) is 0 Å². The Hall–Kier alpha value is -1.69. The van der Waals surface area contributed by atoms with Crippen LogP contribution in [0.4, 0.5) is 5.69 Å². The molecule has 0 aliphatic rings. The van der Waals surface area contributed by atoms with E-state index >= 15 is 0 Å². The normalized spacial score (nSPS) is 10.9. The van der Waals surface area contributed by atoms with Gasteiger partial charge in [-0.05, 0) is 37.7 Å². The second-order valence-electron chi connectivity index (χ2n) is 4.23. The molecule has 0 aliphatic carbocycles. The molecule has 0 aliphatic heterocycles. The Balaban J connectivity index is 2.23. The summed E-state index contributed by atoms with van der Waals surface area (Å²) >= 11 is 1.51. The van der Waals surface area contributed by atoms with E-state index < -0.39 is 0 Å². The number of nitrogens with two attached hydrogens (primary N) is 1. The Bertz CT molecular complexity index is 539. The Kier molecular flexibility index (Phi) is 3.76. The van der Waals surface area contributed by atoms with Crippen molar-refractivity contribution in [3.63, 3.8) is 0 Å². The molecule has 18 heavy (non-hydrogen) atoms. The highest BCUT2D eigenvalue weighted by atomic mass is 32.2. The quantitative estimate of drug-likeness (QED) is 0.859. The van der Waals surface area contributed by atoms with E-state index in [9.17, 15) is 0 Å². The van der Waals surface area contributed by atoms with Gasteiger partial charge in [0.05, 0.1) is 6.10 Å². The predicted molar refractivity (Wildman–Crippen MR) is 71.7 cm³/mol. The minimum Gasteiger partial charge on any atom is -0.491 e. The summed E-state index contributed by atoms with van der Waals surface area (Å²) in [5.74, 6) is 0.773. The fourth-order valence-corrected chi connectivity index (χ4v) is 2.32. The van der Waals surface area contributed by atoms with Crippen LogP contribution in [0.25, 0.3) is 0 Å². The molecule has 0 radical (unpaired) electrons. The first kappa shape index (κ1) is 12.8. The van der Waals surface area contributed by atoms with Crippen molar-refractivity contribution in [3.8, 4) is 5.75 Å². The molecule has 0 unspecified atom stereocenters. The van der Waals surface area contributed by atoms with Gasteiger partial charge in [0.2, 0.25) is 0 Å². The molecule has 1 aromatic carbocycles. The number of anilines is 1. The number of nitrogen functional groups attached to an aromatic ring is 1. The number of hydrogen-bond donors (Lipinski definition) is 1. The van der Waals surface area contributed by atoms with Crippen molar-refractivity contribution in [1.82, 2.24) is 14.8 Å². The molecule has 0 spiro atoms. The monoisotopic (exact) mass is 264 g/mol. The van der Waals surface area contributed by atoms with Gasteiger partial charge in [0, 0.05) is 23.7 Å². The second kappa shape index (κ2) is 5.30.